The van der Waals surface area contributed by atoms with Crippen LogP contribution in [0.25, 0.3) is 10.8 Å². The lowest BCUT2D eigenvalue weighted by Crippen LogP contribution is -2.13. The molecule has 0 aliphatic heterocycles. The van der Waals surface area contributed by atoms with Crippen LogP contribution in [0.15, 0.2) is 35.5 Å². The summed E-state index contributed by atoms with van der Waals surface area (Å²) in [5, 5.41) is 13.8. The fourth-order valence-electron chi connectivity index (χ4n) is 2.59. The van der Waals surface area contributed by atoms with E-state index in [1.54, 1.807) is 6.07 Å². The van der Waals surface area contributed by atoms with Crippen molar-refractivity contribution in [2.75, 3.05) is 0 Å². The molecule has 0 aromatic heterocycles. The van der Waals surface area contributed by atoms with Crippen LogP contribution >= 0.6 is 0 Å². The second-order valence-electron chi connectivity index (χ2n) is 4.34. The molecule has 0 bridgehead atoms. The van der Waals surface area contributed by atoms with E-state index in [9.17, 15) is 4.39 Å². The Morgan fingerprint density at radius 2 is 2.00 bits per heavy atom. The van der Waals surface area contributed by atoms with E-state index in [0.717, 1.165) is 29.4 Å². The van der Waals surface area contributed by atoms with Gasteiger partial charge in [-0.1, -0.05) is 29.4 Å². The topological polar surface area (TPSA) is 32.6 Å². The highest BCUT2D eigenvalue weighted by atomic mass is 19.1. The maximum atomic E-state index is 13.9. The fourth-order valence-corrected chi connectivity index (χ4v) is 2.59. The first-order valence-corrected chi connectivity index (χ1v) is 5.72. The summed E-state index contributed by atoms with van der Waals surface area (Å²) in [6, 6.07) is 8.95. The Labute approximate surface area is 98.4 Å². The zero-order valence-corrected chi connectivity index (χ0v) is 9.28. The quantitative estimate of drug-likeness (QED) is 0.419. The minimum atomic E-state index is -0.248. The van der Waals surface area contributed by atoms with Crippen molar-refractivity contribution in [3.05, 3.63) is 47.3 Å². The first kappa shape index (κ1) is 10.3. The Morgan fingerprint density at radius 3 is 2.82 bits per heavy atom. The Morgan fingerprint density at radius 1 is 1.12 bits per heavy atom. The van der Waals surface area contributed by atoms with Crippen LogP contribution in [0.3, 0.4) is 0 Å². The molecule has 0 saturated heterocycles. The summed E-state index contributed by atoms with van der Waals surface area (Å²) in [6.45, 7) is 0. The maximum Gasteiger partial charge on any atom is 0.131 e. The molecular formula is C14H12FNO. The molecule has 0 unspecified atom stereocenters. The lowest BCUT2D eigenvalue weighted by molar-refractivity contribution is 0.317. The smallest absolute Gasteiger partial charge is 0.131 e. The first-order chi connectivity index (χ1) is 8.31. The van der Waals surface area contributed by atoms with Gasteiger partial charge in [0.25, 0.3) is 0 Å². The molecule has 0 radical (unpaired) electrons. The lowest BCUT2D eigenvalue weighted by atomic mass is 9.86. The summed E-state index contributed by atoms with van der Waals surface area (Å²) >= 11 is 0. The van der Waals surface area contributed by atoms with Crippen molar-refractivity contribution in [3.8, 4) is 0 Å². The molecule has 0 amide bonds. The summed E-state index contributed by atoms with van der Waals surface area (Å²) in [4.78, 5) is 0. The first-order valence-electron chi connectivity index (χ1n) is 5.72. The molecule has 2 nitrogen and oxygen atoms in total. The lowest BCUT2D eigenvalue weighted by Gasteiger charge is -2.19. The van der Waals surface area contributed by atoms with Gasteiger partial charge in [-0.15, -0.1) is 0 Å². The zero-order chi connectivity index (χ0) is 11.8. The molecular weight excluding hydrogens is 218 g/mol. The van der Waals surface area contributed by atoms with Crippen molar-refractivity contribution < 1.29 is 9.60 Å². The standard InChI is InChI=1S/C14H12FNO/c15-11-5-1-3-9-7-8-10-4-2-6-12(16-17)14(10)13(9)11/h1,3,5,7-8,17H,2,4,6H2/b16-12+/i16+1. The second kappa shape index (κ2) is 3.84. The highest BCUT2D eigenvalue weighted by Crippen LogP contribution is 2.31. The Kier molecular flexibility index (Phi) is 2.32. The predicted molar refractivity (Wildman–Crippen MR) is 65.2 cm³/mol. The molecule has 86 valence electrons. The van der Waals surface area contributed by atoms with E-state index in [1.807, 2.05) is 18.2 Å². The number of hydrogen-bond acceptors (Lipinski definition) is 2. The van der Waals surface area contributed by atoms with Crippen LogP contribution in [0.2, 0.25) is 0 Å². The number of benzene rings is 2. The van der Waals surface area contributed by atoms with E-state index in [4.69, 9.17) is 5.21 Å². The number of nitrogens with zero attached hydrogens (tertiary/aromatic N) is 1. The molecule has 0 heterocycles. The average Bonchev–Trinajstić information content (AvgIpc) is 2.38. The van der Waals surface area contributed by atoms with Crippen LogP contribution in [-0.2, 0) is 6.42 Å². The molecule has 1 N–H and O–H groups in total. The van der Waals surface area contributed by atoms with Crippen LogP contribution in [0.5, 0.6) is 0 Å². The van der Waals surface area contributed by atoms with E-state index in [2.05, 4.69) is 5.16 Å². The third-order valence-corrected chi connectivity index (χ3v) is 3.35. The Hall–Kier alpha value is -1.90. The van der Waals surface area contributed by atoms with Crippen LogP contribution in [-0.4, -0.2) is 10.9 Å². The SMILES string of the molecule is O/[15N]=C1\CCCc2ccc3cccc(F)c3c21. The Bertz CT molecular complexity index is 619. The second-order valence-corrected chi connectivity index (χ2v) is 4.34. The zero-order valence-electron chi connectivity index (χ0n) is 9.28. The number of rotatable bonds is 0. The van der Waals surface area contributed by atoms with E-state index in [0.29, 0.717) is 17.5 Å². The van der Waals surface area contributed by atoms with Gasteiger partial charge >= 0.3 is 0 Å². The summed E-state index contributed by atoms with van der Waals surface area (Å²) in [5.41, 5.74) is 2.46. The van der Waals surface area contributed by atoms with Crippen molar-refractivity contribution in [3.63, 3.8) is 0 Å². The number of aryl methyl sites for hydroxylation is 1. The third kappa shape index (κ3) is 1.50. The van der Waals surface area contributed by atoms with Crippen molar-refractivity contribution in [2.45, 2.75) is 19.3 Å². The average molecular weight is 230 g/mol. The number of oxime groups is 1. The maximum absolute atomic E-state index is 13.9. The molecule has 0 atom stereocenters. The van der Waals surface area contributed by atoms with Crippen molar-refractivity contribution in [1.82, 2.24) is 0 Å². The van der Waals surface area contributed by atoms with E-state index in [-0.39, 0.29) is 5.82 Å². The van der Waals surface area contributed by atoms with Gasteiger partial charge in [-0.05, 0) is 36.3 Å². The summed E-state index contributed by atoms with van der Waals surface area (Å²) < 4.78 is 13.9. The number of hydrogen-bond donors (Lipinski definition) is 1. The van der Waals surface area contributed by atoms with Gasteiger partial charge < -0.3 is 5.21 Å². The number of fused-ring (bicyclic) bond motifs is 3. The summed E-state index contributed by atoms with van der Waals surface area (Å²) in [7, 11) is 0. The van der Waals surface area contributed by atoms with Crippen LogP contribution in [0.1, 0.15) is 24.0 Å². The van der Waals surface area contributed by atoms with E-state index >= 15 is 0 Å². The van der Waals surface area contributed by atoms with Gasteiger partial charge in [-0.25, -0.2) is 4.39 Å². The highest BCUT2D eigenvalue weighted by molar-refractivity contribution is 6.12. The molecule has 1 aliphatic rings. The summed E-state index contributed by atoms with van der Waals surface area (Å²) in [5.74, 6) is -0.248. The molecule has 0 spiro atoms. The predicted octanol–water partition coefficient (Wildman–Crippen LogP) is 3.49. The molecule has 1 aliphatic carbocycles. The van der Waals surface area contributed by atoms with Crippen molar-refractivity contribution in [2.24, 2.45) is 5.16 Å². The largest absolute Gasteiger partial charge is 0.411 e. The molecule has 17 heavy (non-hydrogen) atoms. The van der Waals surface area contributed by atoms with Gasteiger partial charge in [-0.3, -0.25) is 0 Å². The third-order valence-electron chi connectivity index (χ3n) is 3.35. The molecule has 3 rings (SSSR count). The molecule has 2 aromatic carbocycles. The monoisotopic (exact) mass is 230 g/mol. The summed E-state index contributed by atoms with van der Waals surface area (Å²) in [6.07, 6.45) is 2.57. The fraction of sp³-hybridized carbons (Fsp3) is 0.214. The van der Waals surface area contributed by atoms with Gasteiger partial charge in [-0.2, -0.15) is 0 Å². The van der Waals surface area contributed by atoms with Gasteiger partial charge in [0, 0.05) is 10.9 Å². The van der Waals surface area contributed by atoms with Gasteiger partial charge in [0.2, 0.25) is 0 Å². The normalized spacial score (nSPS) is 17.4. The number of halogens is 1. The minimum absolute atomic E-state index is 0.248. The van der Waals surface area contributed by atoms with Crippen molar-refractivity contribution >= 4 is 16.5 Å². The van der Waals surface area contributed by atoms with Gasteiger partial charge in [0.1, 0.15) is 5.82 Å². The van der Waals surface area contributed by atoms with Crippen LogP contribution in [0.4, 0.5) is 4.39 Å². The van der Waals surface area contributed by atoms with E-state index < -0.39 is 0 Å². The Balaban J connectivity index is 2.44. The van der Waals surface area contributed by atoms with Gasteiger partial charge in [0.15, 0.2) is 0 Å². The van der Waals surface area contributed by atoms with Crippen molar-refractivity contribution in [1.29, 1.82) is 0 Å². The highest BCUT2D eigenvalue weighted by Gasteiger charge is 2.20. The molecule has 0 saturated carbocycles. The molecule has 0 fully saturated rings. The van der Waals surface area contributed by atoms with Gasteiger partial charge in [0.05, 0.1) is 5.71 Å². The molecule has 2 aromatic rings. The minimum Gasteiger partial charge on any atom is -0.411 e. The molecule has 3 heteroatoms. The van der Waals surface area contributed by atoms with Crippen LogP contribution < -0.4 is 0 Å². The van der Waals surface area contributed by atoms with Crippen LogP contribution in [0, 0.1) is 5.82 Å². The van der Waals surface area contributed by atoms with E-state index in [1.165, 1.54) is 6.07 Å².